The fourth-order valence-corrected chi connectivity index (χ4v) is 6.29. The molecule has 2 aromatic carbocycles. The fraction of sp³-hybridized carbons (Fsp3) is 0.571. The summed E-state index contributed by atoms with van der Waals surface area (Å²) in [5.41, 5.74) is 5.06. The summed E-state index contributed by atoms with van der Waals surface area (Å²) in [6, 6.07) is 15.7. The standard InChI is InChI=1S/C27H32N6.C5H11N.C3H7N/c1-4-25-29-23-18-32(24-10-6-9-20-8-5-7-19(2)26(20)24)14-12-22(23)27(30-25)33-16-15-31(3)21(17-33)11-13-28;1-6-4-2-3-5-6;1-4-2-3-4/h5-10,21H,4,11-12,14-18H2,1-3H3;2-5H2,1H3;2-3H2,1H3. The first kappa shape index (κ1) is 31.2. The normalized spacial score (nSPS) is 20.5. The van der Waals surface area contributed by atoms with Crippen molar-refractivity contribution in [2.24, 2.45) is 0 Å². The van der Waals surface area contributed by atoms with Crippen LogP contribution in [0.4, 0.5) is 11.5 Å². The number of likely N-dealkylation sites (tertiary alicyclic amines) is 1. The van der Waals surface area contributed by atoms with Gasteiger partial charge in [-0.15, -0.1) is 0 Å². The Morgan fingerprint density at radius 3 is 2.19 bits per heavy atom. The van der Waals surface area contributed by atoms with E-state index in [1.54, 1.807) is 0 Å². The van der Waals surface area contributed by atoms with E-state index in [1.807, 2.05) is 0 Å². The summed E-state index contributed by atoms with van der Waals surface area (Å²) < 4.78 is 0. The third kappa shape index (κ3) is 7.83. The van der Waals surface area contributed by atoms with Gasteiger partial charge < -0.3 is 19.6 Å². The van der Waals surface area contributed by atoms with E-state index < -0.39 is 0 Å². The van der Waals surface area contributed by atoms with Gasteiger partial charge in [0.05, 0.1) is 24.7 Å². The predicted octanol–water partition coefficient (Wildman–Crippen LogP) is 4.74. The van der Waals surface area contributed by atoms with Crippen molar-refractivity contribution >= 4 is 22.3 Å². The fourth-order valence-electron chi connectivity index (χ4n) is 6.29. The Hall–Kier alpha value is -3.25. The van der Waals surface area contributed by atoms with Crippen LogP contribution >= 0.6 is 0 Å². The van der Waals surface area contributed by atoms with E-state index in [-0.39, 0.29) is 6.04 Å². The van der Waals surface area contributed by atoms with Gasteiger partial charge in [-0.1, -0.05) is 37.3 Å². The van der Waals surface area contributed by atoms with Crippen LogP contribution in [0.2, 0.25) is 0 Å². The molecule has 4 aliphatic rings. The molecule has 3 aromatic rings. The van der Waals surface area contributed by atoms with Crippen molar-refractivity contribution < 1.29 is 0 Å². The van der Waals surface area contributed by atoms with Gasteiger partial charge in [-0.25, -0.2) is 9.97 Å². The summed E-state index contributed by atoms with van der Waals surface area (Å²) in [6.07, 6.45) is 5.14. The van der Waals surface area contributed by atoms with Crippen molar-refractivity contribution in [3.8, 4) is 6.07 Å². The minimum absolute atomic E-state index is 0.248. The summed E-state index contributed by atoms with van der Waals surface area (Å²) in [5, 5.41) is 11.9. The SMILES string of the molecule is CCc1nc2c(c(N3CCN(C)C(CC#N)C3)n1)CCN(c1cccc3cccc(C)c13)C2.CN1CC1.CN1CCCC1. The molecule has 230 valence electrons. The smallest absolute Gasteiger partial charge is 0.136 e. The zero-order chi connectivity index (χ0) is 30.3. The Bertz CT molecular complexity index is 1400. The van der Waals surface area contributed by atoms with E-state index in [0.29, 0.717) is 6.42 Å². The topological polar surface area (TPSA) is 65.5 Å². The second-order valence-corrected chi connectivity index (χ2v) is 12.6. The monoisotopic (exact) mass is 582 g/mol. The van der Waals surface area contributed by atoms with Gasteiger partial charge in [0, 0.05) is 68.4 Å². The molecular formula is C35H50N8. The number of anilines is 2. The molecule has 0 bridgehead atoms. The second kappa shape index (κ2) is 14.5. The van der Waals surface area contributed by atoms with Crippen molar-refractivity contribution in [2.75, 3.05) is 83.3 Å². The number of hydrogen-bond donors (Lipinski definition) is 0. The number of aryl methyl sites for hydroxylation is 2. The first-order valence-corrected chi connectivity index (χ1v) is 16.2. The highest BCUT2D eigenvalue weighted by Crippen LogP contribution is 2.35. The van der Waals surface area contributed by atoms with Crippen LogP contribution in [-0.2, 0) is 19.4 Å². The van der Waals surface area contributed by atoms with Gasteiger partial charge in [-0.2, -0.15) is 5.26 Å². The van der Waals surface area contributed by atoms with E-state index in [2.05, 4.69) is 102 Å². The molecule has 7 rings (SSSR count). The number of likely N-dealkylation sites (N-methyl/N-ethyl adjacent to an activating group) is 2. The molecule has 1 unspecified atom stereocenters. The molecule has 3 fully saturated rings. The Labute approximate surface area is 258 Å². The third-order valence-electron chi connectivity index (χ3n) is 9.24. The zero-order valence-corrected chi connectivity index (χ0v) is 27.0. The Morgan fingerprint density at radius 2 is 1.56 bits per heavy atom. The Morgan fingerprint density at radius 1 is 0.860 bits per heavy atom. The van der Waals surface area contributed by atoms with Crippen molar-refractivity contribution in [1.82, 2.24) is 24.7 Å². The number of fused-ring (bicyclic) bond motifs is 2. The van der Waals surface area contributed by atoms with Crippen LogP contribution in [-0.4, -0.2) is 104 Å². The summed E-state index contributed by atoms with van der Waals surface area (Å²) in [7, 11) is 6.41. The lowest BCUT2D eigenvalue weighted by molar-refractivity contribution is 0.220. The van der Waals surface area contributed by atoms with Gasteiger partial charge in [-0.05, 0) is 77.4 Å². The van der Waals surface area contributed by atoms with Gasteiger partial charge in [0.25, 0.3) is 0 Å². The first-order chi connectivity index (χ1) is 20.9. The minimum atomic E-state index is 0.248. The number of hydrogen-bond acceptors (Lipinski definition) is 8. The lowest BCUT2D eigenvalue weighted by Gasteiger charge is -2.41. The maximum absolute atomic E-state index is 9.27. The maximum atomic E-state index is 9.27. The summed E-state index contributed by atoms with van der Waals surface area (Å²) in [5.74, 6) is 2.01. The molecular weight excluding hydrogens is 532 g/mol. The summed E-state index contributed by atoms with van der Waals surface area (Å²) in [6.45, 7) is 14.1. The largest absolute Gasteiger partial charge is 0.365 e. The van der Waals surface area contributed by atoms with Crippen molar-refractivity contribution in [2.45, 2.75) is 58.5 Å². The van der Waals surface area contributed by atoms with Gasteiger partial charge in [0.1, 0.15) is 11.6 Å². The number of nitrogens with zero attached hydrogens (tertiary/aromatic N) is 8. The molecule has 8 heteroatoms. The number of nitriles is 1. The average molecular weight is 583 g/mol. The van der Waals surface area contributed by atoms with Crippen molar-refractivity contribution in [1.29, 1.82) is 5.26 Å². The quantitative estimate of drug-likeness (QED) is 0.409. The first-order valence-electron chi connectivity index (χ1n) is 16.2. The Balaban J connectivity index is 0.000000311. The van der Waals surface area contributed by atoms with Gasteiger partial charge in [-0.3, -0.25) is 4.90 Å². The van der Waals surface area contributed by atoms with E-state index in [9.17, 15) is 5.26 Å². The molecule has 1 aromatic heterocycles. The highest BCUT2D eigenvalue weighted by Gasteiger charge is 2.30. The van der Waals surface area contributed by atoms with Gasteiger partial charge >= 0.3 is 0 Å². The van der Waals surface area contributed by atoms with E-state index in [4.69, 9.17) is 9.97 Å². The van der Waals surface area contributed by atoms with E-state index >= 15 is 0 Å². The molecule has 5 heterocycles. The van der Waals surface area contributed by atoms with Crippen LogP contribution in [0.5, 0.6) is 0 Å². The highest BCUT2D eigenvalue weighted by molar-refractivity contribution is 5.97. The van der Waals surface area contributed by atoms with Crippen LogP contribution in [0.1, 0.15) is 48.8 Å². The molecule has 8 nitrogen and oxygen atoms in total. The van der Waals surface area contributed by atoms with Crippen LogP contribution < -0.4 is 9.80 Å². The predicted molar refractivity (Wildman–Crippen MR) is 178 cm³/mol. The highest BCUT2D eigenvalue weighted by atomic mass is 15.3. The van der Waals surface area contributed by atoms with Crippen molar-refractivity contribution in [3.05, 3.63) is 59.0 Å². The molecule has 0 radical (unpaired) electrons. The molecule has 1 atom stereocenters. The molecule has 0 N–H and O–H groups in total. The lowest BCUT2D eigenvalue weighted by atomic mass is 9.99. The summed E-state index contributed by atoms with van der Waals surface area (Å²) >= 11 is 0. The van der Waals surface area contributed by atoms with Crippen LogP contribution in [0.3, 0.4) is 0 Å². The van der Waals surface area contributed by atoms with Crippen LogP contribution in [0.25, 0.3) is 10.8 Å². The minimum Gasteiger partial charge on any atom is -0.365 e. The summed E-state index contributed by atoms with van der Waals surface area (Å²) in [4.78, 5) is 21.8. The maximum Gasteiger partial charge on any atom is 0.136 e. The number of aromatic nitrogens is 2. The molecule has 3 saturated heterocycles. The van der Waals surface area contributed by atoms with E-state index in [0.717, 1.165) is 62.9 Å². The molecule has 43 heavy (non-hydrogen) atoms. The van der Waals surface area contributed by atoms with Crippen LogP contribution in [0.15, 0.2) is 36.4 Å². The van der Waals surface area contributed by atoms with Crippen LogP contribution in [0, 0.1) is 18.3 Å². The molecule has 0 saturated carbocycles. The van der Waals surface area contributed by atoms with Gasteiger partial charge in [0.2, 0.25) is 0 Å². The van der Waals surface area contributed by atoms with Gasteiger partial charge in [0.15, 0.2) is 0 Å². The molecule has 4 aliphatic heterocycles. The third-order valence-corrected chi connectivity index (χ3v) is 9.24. The number of rotatable bonds is 4. The Kier molecular flexibility index (Phi) is 10.5. The zero-order valence-electron chi connectivity index (χ0n) is 27.0. The molecule has 0 spiro atoms. The second-order valence-electron chi connectivity index (χ2n) is 12.6. The van der Waals surface area contributed by atoms with E-state index in [1.165, 1.54) is 66.6 Å². The molecule has 0 amide bonds. The average Bonchev–Trinajstić information content (AvgIpc) is 3.66. The van der Waals surface area contributed by atoms with Crippen molar-refractivity contribution in [3.63, 3.8) is 0 Å². The number of benzene rings is 2. The lowest BCUT2D eigenvalue weighted by Crippen LogP contribution is -2.52. The molecule has 0 aliphatic carbocycles. The number of piperazine rings is 1.